The number of hydrogen-bond donors (Lipinski definition) is 3. The number of nitrogens with one attached hydrogen (secondary N) is 1. The van der Waals surface area contributed by atoms with E-state index in [1.807, 2.05) is 31.2 Å². The van der Waals surface area contributed by atoms with Gasteiger partial charge in [-0.3, -0.25) is 9.69 Å². The monoisotopic (exact) mass is 392 g/mol. The zero-order valence-electron chi connectivity index (χ0n) is 16.3. The van der Waals surface area contributed by atoms with Gasteiger partial charge in [-0.2, -0.15) is 0 Å². The molecular formula is C22H24N4O3. The molecule has 0 radical (unpaired) electrons. The van der Waals surface area contributed by atoms with Crippen LogP contribution in [0.25, 0.3) is 11.4 Å². The maximum Gasteiger partial charge on any atom is 0.254 e. The van der Waals surface area contributed by atoms with Crippen LogP contribution < -0.4 is 16.0 Å². The number of hydrogen-bond acceptors (Lipinski definition) is 6. The van der Waals surface area contributed by atoms with Gasteiger partial charge < -0.3 is 20.6 Å². The molecule has 2 aromatic carbocycles. The molecule has 1 aliphatic rings. The lowest BCUT2D eigenvalue weighted by molar-refractivity contribution is 0.235. The Bertz CT molecular complexity index is 1080. The predicted molar refractivity (Wildman–Crippen MR) is 112 cm³/mol. The number of benzene rings is 2. The van der Waals surface area contributed by atoms with Crippen LogP contribution in [0.5, 0.6) is 11.5 Å². The minimum absolute atomic E-state index is 0.0948. The van der Waals surface area contributed by atoms with Gasteiger partial charge in [0.15, 0.2) is 11.5 Å². The van der Waals surface area contributed by atoms with Crippen LogP contribution in [-0.2, 0) is 19.5 Å². The van der Waals surface area contributed by atoms with Gasteiger partial charge in [0, 0.05) is 42.0 Å². The number of aromatic hydroxyl groups is 1. The van der Waals surface area contributed by atoms with Gasteiger partial charge in [0.05, 0.1) is 12.3 Å². The van der Waals surface area contributed by atoms with Crippen molar-refractivity contribution < 1.29 is 9.84 Å². The van der Waals surface area contributed by atoms with E-state index in [2.05, 4.69) is 9.88 Å². The summed E-state index contributed by atoms with van der Waals surface area (Å²) in [6, 6.07) is 12.8. The second kappa shape index (κ2) is 7.97. The van der Waals surface area contributed by atoms with Crippen LogP contribution in [-0.4, -0.2) is 33.1 Å². The van der Waals surface area contributed by atoms with Crippen LogP contribution in [0.4, 0.5) is 5.69 Å². The largest absolute Gasteiger partial charge is 0.504 e. The summed E-state index contributed by atoms with van der Waals surface area (Å²) in [5.74, 6) is 1.20. The van der Waals surface area contributed by atoms with Crippen LogP contribution in [0, 0.1) is 0 Å². The van der Waals surface area contributed by atoms with Gasteiger partial charge in [0.1, 0.15) is 5.82 Å². The van der Waals surface area contributed by atoms with Crippen LogP contribution in [0.1, 0.15) is 23.7 Å². The maximum atomic E-state index is 12.6. The summed E-state index contributed by atoms with van der Waals surface area (Å²) in [5.41, 5.74) is 9.43. The highest BCUT2D eigenvalue weighted by Gasteiger charge is 2.22. The number of nitrogens with zero attached hydrogens (tertiary/aromatic N) is 2. The molecule has 1 aromatic heterocycles. The summed E-state index contributed by atoms with van der Waals surface area (Å²) in [6.07, 6.45) is 0.617. The average Bonchev–Trinajstić information content (AvgIpc) is 2.71. The van der Waals surface area contributed by atoms with Gasteiger partial charge in [-0.25, -0.2) is 4.98 Å². The zero-order chi connectivity index (χ0) is 20.4. The second-order valence-electron chi connectivity index (χ2n) is 7.12. The van der Waals surface area contributed by atoms with Crippen molar-refractivity contribution in [2.75, 3.05) is 18.9 Å². The van der Waals surface area contributed by atoms with Gasteiger partial charge in [0.25, 0.3) is 5.56 Å². The number of anilines is 1. The van der Waals surface area contributed by atoms with Crippen LogP contribution in [0.15, 0.2) is 47.3 Å². The van der Waals surface area contributed by atoms with E-state index in [0.717, 1.165) is 28.9 Å². The van der Waals surface area contributed by atoms with E-state index in [-0.39, 0.29) is 11.3 Å². The van der Waals surface area contributed by atoms with E-state index in [4.69, 9.17) is 15.5 Å². The molecule has 0 unspecified atom stereocenters. The third kappa shape index (κ3) is 3.95. The number of aromatic amines is 1. The van der Waals surface area contributed by atoms with Crippen molar-refractivity contribution in [3.8, 4) is 22.9 Å². The molecule has 1 aliphatic heterocycles. The van der Waals surface area contributed by atoms with E-state index < -0.39 is 0 Å². The smallest absolute Gasteiger partial charge is 0.254 e. The first-order valence-corrected chi connectivity index (χ1v) is 9.69. The van der Waals surface area contributed by atoms with Crippen molar-refractivity contribution in [1.82, 2.24) is 14.9 Å². The van der Waals surface area contributed by atoms with Crippen LogP contribution >= 0.6 is 0 Å². The summed E-state index contributed by atoms with van der Waals surface area (Å²) in [7, 11) is 0. The Hall–Kier alpha value is -3.32. The van der Waals surface area contributed by atoms with E-state index in [1.54, 1.807) is 18.2 Å². The Labute approximate surface area is 168 Å². The fourth-order valence-corrected chi connectivity index (χ4v) is 3.61. The average molecular weight is 392 g/mol. The molecule has 0 saturated carbocycles. The summed E-state index contributed by atoms with van der Waals surface area (Å²) >= 11 is 0. The summed E-state index contributed by atoms with van der Waals surface area (Å²) in [5, 5.41) is 10.5. The summed E-state index contributed by atoms with van der Waals surface area (Å²) in [6.45, 7) is 4.19. The first-order valence-electron chi connectivity index (χ1n) is 9.69. The Morgan fingerprint density at radius 2 is 2.03 bits per heavy atom. The number of nitrogen functional groups attached to an aromatic ring is 1. The molecule has 0 saturated heterocycles. The van der Waals surface area contributed by atoms with Crippen molar-refractivity contribution in [1.29, 1.82) is 0 Å². The Kier molecular flexibility index (Phi) is 5.22. The highest BCUT2D eigenvalue weighted by Crippen LogP contribution is 2.31. The second-order valence-corrected chi connectivity index (χ2v) is 7.12. The number of phenols is 1. The number of para-hydroxylation sites is 1. The number of rotatable bonds is 5. The van der Waals surface area contributed by atoms with Crippen LogP contribution in [0.3, 0.4) is 0 Å². The predicted octanol–water partition coefficient (Wildman–Crippen LogP) is 2.68. The number of phenolic OH excluding ortho intramolecular Hbond substituents is 1. The van der Waals surface area contributed by atoms with Crippen molar-refractivity contribution in [2.45, 2.75) is 26.4 Å². The van der Waals surface area contributed by atoms with Gasteiger partial charge in [-0.15, -0.1) is 0 Å². The molecule has 0 fully saturated rings. The molecule has 0 amide bonds. The molecule has 7 heteroatoms. The topological polar surface area (TPSA) is 104 Å². The normalized spacial score (nSPS) is 13.8. The lowest BCUT2D eigenvalue weighted by Gasteiger charge is -2.28. The van der Waals surface area contributed by atoms with Crippen molar-refractivity contribution in [3.63, 3.8) is 0 Å². The molecule has 29 heavy (non-hydrogen) atoms. The van der Waals surface area contributed by atoms with Gasteiger partial charge in [-0.1, -0.05) is 12.1 Å². The number of aromatic nitrogens is 2. The third-order valence-corrected chi connectivity index (χ3v) is 5.11. The molecule has 2 heterocycles. The van der Waals surface area contributed by atoms with E-state index in [0.29, 0.717) is 43.4 Å². The standard InChI is InChI=1S/C22H24N4O3/c1-2-29-19-5-3-4-15(20(19)27)12-26-11-10-17-18(13-26)24-21(25-22(17)28)14-6-8-16(23)9-7-14/h3-9,27H,2,10-13,23H2,1H3,(H,24,25,28). The van der Waals surface area contributed by atoms with Crippen LogP contribution in [0.2, 0.25) is 0 Å². The maximum absolute atomic E-state index is 12.6. The first-order chi connectivity index (χ1) is 14.0. The van der Waals surface area contributed by atoms with Crippen molar-refractivity contribution in [2.24, 2.45) is 0 Å². The lowest BCUT2D eigenvalue weighted by atomic mass is 10.0. The lowest BCUT2D eigenvalue weighted by Crippen LogP contribution is -2.35. The van der Waals surface area contributed by atoms with E-state index in [1.165, 1.54) is 0 Å². The number of H-pyrrole nitrogens is 1. The molecular weight excluding hydrogens is 368 g/mol. The molecule has 3 aromatic rings. The fourth-order valence-electron chi connectivity index (χ4n) is 3.61. The molecule has 0 aliphatic carbocycles. The fraction of sp³-hybridized carbons (Fsp3) is 0.273. The summed E-state index contributed by atoms with van der Waals surface area (Å²) in [4.78, 5) is 22.3. The van der Waals surface area contributed by atoms with Gasteiger partial charge in [0.2, 0.25) is 0 Å². The van der Waals surface area contributed by atoms with Crippen molar-refractivity contribution in [3.05, 3.63) is 69.6 Å². The van der Waals surface area contributed by atoms with Gasteiger partial charge >= 0.3 is 0 Å². The quantitative estimate of drug-likeness (QED) is 0.577. The Balaban J connectivity index is 1.59. The molecule has 0 atom stereocenters. The van der Waals surface area contributed by atoms with Crippen molar-refractivity contribution >= 4 is 5.69 Å². The number of nitrogens with two attached hydrogens (primary N) is 1. The minimum Gasteiger partial charge on any atom is -0.504 e. The molecule has 7 nitrogen and oxygen atoms in total. The molecule has 0 bridgehead atoms. The zero-order valence-corrected chi connectivity index (χ0v) is 16.3. The molecule has 4 N–H and O–H groups in total. The first kappa shape index (κ1) is 19.0. The third-order valence-electron chi connectivity index (χ3n) is 5.11. The number of ether oxygens (including phenoxy) is 1. The van der Waals surface area contributed by atoms with Gasteiger partial charge in [-0.05, 0) is 43.7 Å². The van der Waals surface area contributed by atoms with E-state index >= 15 is 0 Å². The highest BCUT2D eigenvalue weighted by molar-refractivity contribution is 5.58. The SMILES string of the molecule is CCOc1cccc(CN2CCc3c(nc(-c4ccc(N)cc4)[nH]c3=O)C2)c1O. The molecule has 150 valence electrons. The minimum atomic E-state index is -0.0948. The van der Waals surface area contributed by atoms with E-state index in [9.17, 15) is 9.90 Å². The Morgan fingerprint density at radius 1 is 1.24 bits per heavy atom. The number of fused-ring (bicyclic) bond motifs is 1. The molecule has 4 rings (SSSR count). The molecule has 0 spiro atoms. The summed E-state index contributed by atoms with van der Waals surface area (Å²) < 4.78 is 5.48. The highest BCUT2D eigenvalue weighted by atomic mass is 16.5. The Morgan fingerprint density at radius 3 is 2.79 bits per heavy atom.